The minimum atomic E-state index is -3.75. The van der Waals surface area contributed by atoms with E-state index in [0.717, 1.165) is 27.1 Å². The van der Waals surface area contributed by atoms with Crippen molar-refractivity contribution < 1.29 is 38.3 Å². The Bertz CT molecular complexity index is 2810. The van der Waals surface area contributed by atoms with E-state index in [4.69, 9.17) is 44.4 Å². The fourth-order valence-corrected chi connectivity index (χ4v) is 17.5. The molecule has 4 atom stereocenters. The SMILES string of the molecule is COc1ccc(C(OC[C@H]2O[C@@H](n3cnc4c(N)ncnc43)[C@H](OCCCCCNC(=O)OCCC#N)[C@@]2(O)[Si](c2ccccc2)(c2ccccc2)C(C)(C)C)(c2ccccc2)c2ccc(OC)cc2)cc1. The largest absolute Gasteiger partial charge is 0.497 e. The molecule has 0 spiro atoms. The number of aliphatic hydroxyl groups is 1. The number of nitrogens with one attached hydrogen (secondary N) is 1. The van der Waals surface area contributed by atoms with Crippen LogP contribution in [0.15, 0.2) is 152 Å². The van der Waals surface area contributed by atoms with Crippen LogP contribution in [0.2, 0.25) is 5.04 Å². The number of unbranched alkanes of at least 4 members (excludes halogenated alkanes) is 2. The van der Waals surface area contributed by atoms with E-state index in [1.807, 2.05) is 121 Å². The van der Waals surface area contributed by atoms with E-state index < -0.39 is 48.5 Å². The first-order chi connectivity index (χ1) is 34.9. The molecule has 0 unspecified atom stereocenters. The summed E-state index contributed by atoms with van der Waals surface area (Å²) in [7, 11) is -0.472. The van der Waals surface area contributed by atoms with Crippen molar-refractivity contribution in [2.75, 3.05) is 46.3 Å². The number of carbonyl (C=O) groups is 1. The first-order valence-corrected chi connectivity index (χ1v) is 26.2. The predicted molar refractivity (Wildman–Crippen MR) is 278 cm³/mol. The van der Waals surface area contributed by atoms with Crippen LogP contribution in [0.25, 0.3) is 11.2 Å². The maximum absolute atomic E-state index is 15.1. The molecule has 7 aromatic rings. The van der Waals surface area contributed by atoms with E-state index in [1.54, 1.807) is 25.1 Å². The average Bonchev–Trinajstić information content (AvgIpc) is 3.96. The number of nitriles is 1. The molecule has 374 valence electrons. The van der Waals surface area contributed by atoms with Crippen LogP contribution in [0.5, 0.6) is 11.5 Å². The summed E-state index contributed by atoms with van der Waals surface area (Å²) in [6, 6.07) is 48.2. The number of fused-ring (bicyclic) bond motifs is 1. The molecule has 1 saturated heterocycles. The van der Waals surface area contributed by atoms with Gasteiger partial charge in [0, 0.05) is 13.2 Å². The fourth-order valence-electron chi connectivity index (χ4n) is 10.6. The van der Waals surface area contributed by atoms with Gasteiger partial charge >= 0.3 is 6.09 Å². The second kappa shape index (κ2) is 22.5. The van der Waals surface area contributed by atoms with E-state index in [-0.39, 0.29) is 32.1 Å². The number of alkyl carbamates (subject to hydrolysis) is 1. The van der Waals surface area contributed by atoms with Crippen LogP contribution >= 0.6 is 0 Å². The Morgan fingerprint density at radius 1 is 0.792 bits per heavy atom. The minimum absolute atomic E-state index is 0.0299. The summed E-state index contributed by atoms with van der Waals surface area (Å²) in [4.78, 5) is 25.8. The molecule has 1 aliphatic heterocycles. The molecular weight excluding hydrogens is 927 g/mol. The number of hydrogen-bond donors (Lipinski definition) is 3. The van der Waals surface area contributed by atoms with Gasteiger partial charge in [0.05, 0.1) is 39.6 Å². The van der Waals surface area contributed by atoms with Crippen molar-refractivity contribution in [3.63, 3.8) is 0 Å². The van der Waals surface area contributed by atoms with Gasteiger partial charge in [0.25, 0.3) is 0 Å². The van der Waals surface area contributed by atoms with Gasteiger partial charge in [0.2, 0.25) is 0 Å². The number of nitrogens with two attached hydrogens (primary N) is 1. The number of imidazole rings is 1. The van der Waals surface area contributed by atoms with Crippen molar-refractivity contribution in [1.29, 1.82) is 5.26 Å². The number of amides is 1. The van der Waals surface area contributed by atoms with Gasteiger partial charge in [-0.15, -0.1) is 0 Å². The molecule has 1 aliphatic rings. The van der Waals surface area contributed by atoms with E-state index in [0.29, 0.717) is 48.5 Å². The highest BCUT2D eigenvalue weighted by molar-refractivity contribution is 7.06. The maximum atomic E-state index is 15.1. The number of benzene rings is 5. The van der Waals surface area contributed by atoms with E-state index in [2.05, 4.69) is 60.3 Å². The van der Waals surface area contributed by atoms with Crippen molar-refractivity contribution in [3.8, 4) is 17.6 Å². The summed E-state index contributed by atoms with van der Waals surface area (Å²) in [5.41, 5.74) is 8.41. The Morgan fingerprint density at radius 3 is 1.92 bits per heavy atom. The van der Waals surface area contributed by atoms with Gasteiger partial charge in [-0.1, -0.05) is 146 Å². The summed E-state index contributed by atoms with van der Waals surface area (Å²) >= 11 is 0. The summed E-state index contributed by atoms with van der Waals surface area (Å²) in [6.45, 7) is 7.08. The lowest BCUT2D eigenvalue weighted by Gasteiger charge is -2.55. The number of anilines is 1. The van der Waals surface area contributed by atoms with Crippen molar-refractivity contribution in [3.05, 3.63) is 169 Å². The molecule has 8 rings (SSSR count). The molecule has 5 aromatic carbocycles. The van der Waals surface area contributed by atoms with Crippen molar-refractivity contribution in [1.82, 2.24) is 24.8 Å². The highest BCUT2D eigenvalue weighted by Gasteiger charge is 2.73. The molecular formula is C56H63N7O8Si. The number of carbonyl (C=O) groups excluding carboxylic acids is 1. The van der Waals surface area contributed by atoms with Gasteiger partial charge < -0.3 is 44.6 Å². The van der Waals surface area contributed by atoms with Gasteiger partial charge in [-0.3, -0.25) is 4.57 Å². The topological polar surface area (TPSA) is 198 Å². The summed E-state index contributed by atoms with van der Waals surface area (Å²) in [5, 5.41) is 26.2. The third-order valence-corrected chi connectivity index (χ3v) is 20.2. The summed E-state index contributed by atoms with van der Waals surface area (Å²) < 4.78 is 40.6. The van der Waals surface area contributed by atoms with Crippen LogP contribution in [-0.2, 0) is 24.5 Å². The third-order valence-electron chi connectivity index (χ3n) is 13.7. The average molecular weight is 990 g/mol. The quantitative estimate of drug-likeness (QED) is 0.0358. The minimum Gasteiger partial charge on any atom is -0.497 e. The Balaban J connectivity index is 1.31. The zero-order valence-corrected chi connectivity index (χ0v) is 42.4. The Morgan fingerprint density at radius 2 is 1.36 bits per heavy atom. The monoisotopic (exact) mass is 989 g/mol. The number of nitrogen functional groups attached to an aromatic ring is 1. The molecule has 3 heterocycles. The van der Waals surface area contributed by atoms with E-state index in [1.165, 1.54) is 6.33 Å². The highest BCUT2D eigenvalue weighted by Crippen LogP contribution is 2.54. The number of aromatic nitrogens is 4. The standard InChI is InChI=1S/C56H63N7O8Si/c1-54(2,3)72(45-21-12-7-13-22-45,46-23-14-8-15-24-46)56(65)47(37-70-55(40-19-10-6-11-20-40,41-25-29-43(66-4)30-26-41)42-27-31-44(67-5)32-28-42)71-52(63-39-62-48-50(58)60-38-61-51(48)63)49(56)68-35-17-9-16-34-59-53(64)69-36-18-33-57/h6-8,10-15,19-32,38-39,47,49,52,65H,9,16-18,34-37H2,1-5H3,(H,59,64)(H2,58,60,61)/t47-,49+,52-,56+/m1/s1. The Labute approximate surface area is 421 Å². The van der Waals surface area contributed by atoms with Crippen LogP contribution in [-0.4, -0.2) is 96.8 Å². The summed E-state index contributed by atoms with van der Waals surface area (Å²) in [6.07, 6.45) is 1.32. The van der Waals surface area contributed by atoms with Gasteiger partial charge in [0.15, 0.2) is 25.8 Å². The molecule has 0 saturated carbocycles. The van der Waals surface area contributed by atoms with Crippen LogP contribution in [0.4, 0.5) is 10.6 Å². The number of ether oxygens (including phenoxy) is 6. The second-order valence-electron chi connectivity index (χ2n) is 18.8. The zero-order chi connectivity index (χ0) is 50.8. The van der Waals surface area contributed by atoms with Crippen molar-refractivity contribution in [2.45, 2.75) is 80.8 Å². The predicted octanol–water partition coefficient (Wildman–Crippen LogP) is 7.86. The maximum Gasteiger partial charge on any atom is 0.407 e. The van der Waals surface area contributed by atoms with Crippen LogP contribution in [0.1, 0.15) is 69.4 Å². The van der Waals surface area contributed by atoms with Crippen molar-refractivity contribution >= 4 is 41.5 Å². The van der Waals surface area contributed by atoms with E-state index in [9.17, 15) is 4.79 Å². The van der Waals surface area contributed by atoms with Crippen LogP contribution in [0.3, 0.4) is 0 Å². The molecule has 0 radical (unpaired) electrons. The normalized spacial score (nSPS) is 18.1. The first kappa shape index (κ1) is 51.2. The van der Waals surface area contributed by atoms with Gasteiger partial charge in [0.1, 0.15) is 53.0 Å². The van der Waals surface area contributed by atoms with Crippen LogP contribution < -0.4 is 30.9 Å². The van der Waals surface area contributed by atoms with Gasteiger partial charge in [-0.25, -0.2) is 19.7 Å². The number of methoxy groups -OCH3 is 2. The molecule has 16 heteroatoms. The van der Waals surface area contributed by atoms with E-state index >= 15 is 5.11 Å². The number of rotatable bonds is 21. The second-order valence-corrected chi connectivity index (χ2v) is 23.7. The van der Waals surface area contributed by atoms with Gasteiger partial charge in [-0.05, 0) is 65.3 Å². The molecule has 2 aromatic heterocycles. The lowest BCUT2D eigenvalue weighted by atomic mass is 9.80. The molecule has 1 amide bonds. The lowest BCUT2D eigenvalue weighted by molar-refractivity contribution is -0.103. The lowest BCUT2D eigenvalue weighted by Crippen LogP contribution is -2.83. The van der Waals surface area contributed by atoms with Crippen LogP contribution in [0, 0.1) is 11.3 Å². The number of hydrogen-bond acceptors (Lipinski definition) is 13. The zero-order valence-electron chi connectivity index (χ0n) is 41.4. The molecule has 4 N–H and O–H groups in total. The third kappa shape index (κ3) is 9.78. The fraction of sp³-hybridized carbons (Fsp3) is 0.339. The molecule has 0 bridgehead atoms. The molecule has 1 fully saturated rings. The molecule has 0 aliphatic carbocycles. The Kier molecular flexibility index (Phi) is 16.0. The smallest absolute Gasteiger partial charge is 0.407 e. The summed E-state index contributed by atoms with van der Waals surface area (Å²) in [5.74, 6) is 1.56. The molecule has 15 nitrogen and oxygen atoms in total. The van der Waals surface area contributed by atoms with Gasteiger partial charge in [-0.2, -0.15) is 5.26 Å². The molecule has 72 heavy (non-hydrogen) atoms. The van der Waals surface area contributed by atoms with Crippen molar-refractivity contribution in [2.24, 2.45) is 0 Å². The number of nitrogens with zero attached hydrogens (tertiary/aromatic N) is 5. The highest BCUT2D eigenvalue weighted by atomic mass is 28.3. The first-order valence-electron chi connectivity index (χ1n) is 24.2. The Hall–Kier alpha value is -7.13.